The van der Waals surface area contributed by atoms with Crippen LogP contribution >= 0.6 is 39.1 Å². The van der Waals surface area contributed by atoms with E-state index in [0.29, 0.717) is 21.4 Å². The Morgan fingerprint density at radius 3 is 2.48 bits per heavy atom. The maximum Gasteiger partial charge on any atom is 0.261 e. The number of nitrogens with zero attached hydrogens (tertiary/aromatic N) is 1. The minimum Gasteiger partial charge on any atom is -0.483 e. The van der Waals surface area contributed by atoms with E-state index < -0.39 is 6.04 Å². The molecule has 0 heterocycles. The fourth-order valence-electron chi connectivity index (χ4n) is 3.37. The van der Waals surface area contributed by atoms with Crippen LogP contribution in [0.15, 0.2) is 59.1 Å². The molecule has 3 rings (SSSR count). The van der Waals surface area contributed by atoms with Gasteiger partial charge < -0.3 is 15.0 Å². The molecule has 0 aliphatic rings. The highest BCUT2D eigenvalue weighted by Gasteiger charge is 2.27. The van der Waals surface area contributed by atoms with Crippen LogP contribution in [-0.4, -0.2) is 35.4 Å². The number of nitrogens with one attached hydrogen (secondary N) is 1. The fraction of sp³-hybridized carbons (Fsp3) is 0.280. The van der Waals surface area contributed by atoms with Gasteiger partial charge in [-0.3, -0.25) is 9.59 Å². The normalized spacial score (nSPS) is 12.0. The quantitative estimate of drug-likeness (QED) is 0.361. The highest BCUT2D eigenvalue weighted by molar-refractivity contribution is 9.10. The van der Waals surface area contributed by atoms with E-state index in [4.69, 9.17) is 27.9 Å². The summed E-state index contributed by atoms with van der Waals surface area (Å²) in [5.41, 5.74) is 0.686. The van der Waals surface area contributed by atoms with Crippen molar-refractivity contribution in [1.29, 1.82) is 0 Å². The van der Waals surface area contributed by atoms with Gasteiger partial charge in [-0.15, -0.1) is 0 Å². The van der Waals surface area contributed by atoms with Crippen LogP contribution in [0.25, 0.3) is 10.8 Å². The van der Waals surface area contributed by atoms with Gasteiger partial charge in [-0.05, 0) is 71.2 Å². The van der Waals surface area contributed by atoms with Crippen molar-refractivity contribution < 1.29 is 14.3 Å². The first kappa shape index (κ1) is 25.3. The van der Waals surface area contributed by atoms with Crippen molar-refractivity contribution in [2.75, 3.05) is 6.61 Å². The van der Waals surface area contributed by atoms with Crippen LogP contribution in [0.3, 0.4) is 0 Å². The number of fused-ring (bicyclic) bond motifs is 1. The van der Waals surface area contributed by atoms with Crippen molar-refractivity contribution >= 4 is 61.7 Å². The Labute approximate surface area is 212 Å². The van der Waals surface area contributed by atoms with Gasteiger partial charge >= 0.3 is 0 Å². The van der Waals surface area contributed by atoms with Crippen LogP contribution in [0.1, 0.15) is 26.3 Å². The van der Waals surface area contributed by atoms with Crippen LogP contribution in [-0.2, 0) is 16.1 Å². The average Bonchev–Trinajstić information content (AvgIpc) is 2.77. The smallest absolute Gasteiger partial charge is 0.261 e. The summed E-state index contributed by atoms with van der Waals surface area (Å²) in [6, 6.07) is 15.9. The van der Waals surface area contributed by atoms with Gasteiger partial charge in [0, 0.05) is 22.6 Å². The molecule has 0 aromatic heterocycles. The summed E-state index contributed by atoms with van der Waals surface area (Å²) < 4.78 is 6.63. The summed E-state index contributed by atoms with van der Waals surface area (Å²) >= 11 is 15.9. The lowest BCUT2D eigenvalue weighted by Crippen LogP contribution is -2.50. The van der Waals surface area contributed by atoms with Gasteiger partial charge in [0.25, 0.3) is 5.91 Å². The zero-order valence-corrected chi connectivity index (χ0v) is 21.7. The molecule has 0 aliphatic carbocycles. The fourth-order valence-corrected chi connectivity index (χ4v) is 4.44. The standard InChI is InChI=1S/C25H25BrCl2N2O3/c1-15(2)29-25(32)16(3)30(13-18-8-10-19(27)12-21(18)28)23(31)14-33-22-11-9-17-6-4-5-7-20(17)24(22)26/h4-12,15-16H,13-14H2,1-3H3,(H,29,32)/t16-/m1/s1. The van der Waals surface area contributed by atoms with Crippen LogP contribution in [0, 0.1) is 0 Å². The molecule has 0 unspecified atom stereocenters. The Balaban J connectivity index is 1.82. The molecule has 5 nitrogen and oxygen atoms in total. The summed E-state index contributed by atoms with van der Waals surface area (Å²) in [6.07, 6.45) is 0. The minimum atomic E-state index is -0.727. The Morgan fingerprint density at radius 2 is 1.79 bits per heavy atom. The monoisotopic (exact) mass is 550 g/mol. The van der Waals surface area contributed by atoms with Crippen molar-refractivity contribution in [3.05, 3.63) is 74.7 Å². The Bertz CT molecular complexity index is 1170. The van der Waals surface area contributed by atoms with Gasteiger partial charge in [-0.1, -0.05) is 59.6 Å². The van der Waals surface area contributed by atoms with E-state index in [0.717, 1.165) is 15.2 Å². The van der Waals surface area contributed by atoms with Crippen molar-refractivity contribution in [2.45, 2.75) is 39.4 Å². The summed E-state index contributed by atoms with van der Waals surface area (Å²) in [5, 5.41) is 5.82. The minimum absolute atomic E-state index is 0.0548. The number of benzene rings is 3. The second-order valence-corrected chi connectivity index (χ2v) is 9.62. The molecule has 3 aromatic carbocycles. The van der Waals surface area contributed by atoms with Crippen LogP contribution in [0.4, 0.5) is 0 Å². The highest BCUT2D eigenvalue weighted by atomic mass is 79.9. The van der Waals surface area contributed by atoms with Gasteiger partial charge in [0.2, 0.25) is 5.91 Å². The molecule has 1 atom stereocenters. The van der Waals surface area contributed by atoms with Gasteiger partial charge in [-0.25, -0.2) is 0 Å². The van der Waals surface area contributed by atoms with E-state index in [-0.39, 0.29) is 31.0 Å². The van der Waals surface area contributed by atoms with Crippen LogP contribution in [0.5, 0.6) is 5.75 Å². The number of ether oxygens (including phenoxy) is 1. The second-order valence-electron chi connectivity index (χ2n) is 7.98. The summed E-state index contributed by atoms with van der Waals surface area (Å²) in [5.74, 6) is -0.0476. The Kier molecular flexibility index (Phi) is 8.63. The van der Waals surface area contributed by atoms with Crippen LogP contribution < -0.4 is 10.1 Å². The molecular weight excluding hydrogens is 527 g/mol. The lowest BCUT2D eigenvalue weighted by Gasteiger charge is -2.29. The van der Waals surface area contributed by atoms with Crippen molar-refractivity contribution in [3.8, 4) is 5.75 Å². The second kappa shape index (κ2) is 11.2. The molecule has 0 saturated heterocycles. The van der Waals surface area contributed by atoms with E-state index in [1.165, 1.54) is 4.90 Å². The Morgan fingerprint density at radius 1 is 1.06 bits per heavy atom. The average molecular weight is 552 g/mol. The van der Waals surface area contributed by atoms with E-state index in [9.17, 15) is 9.59 Å². The predicted octanol–water partition coefficient (Wildman–Crippen LogP) is 6.23. The zero-order chi connectivity index (χ0) is 24.1. The number of rotatable bonds is 8. The summed E-state index contributed by atoms with van der Waals surface area (Å²) in [4.78, 5) is 27.4. The summed E-state index contributed by atoms with van der Waals surface area (Å²) in [7, 11) is 0. The van der Waals surface area contributed by atoms with E-state index in [1.807, 2.05) is 50.2 Å². The van der Waals surface area contributed by atoms with Gasteiger partial charge in [0.05, 0.1) is 4.47 Å². The molecule has 0 fully saturated rings. The van der Waals surface area contributed by atoms with Gasteiger partial charge in [-0.2, -0.15) is 0 Å². The molecule has 0 radical (unpaired) electrons. The van der Waals surface area contributed by atoms with Crippen molar-refractivity contribution in [2.24, 2.45) is 0 Å². The third kappa shape index (κ3) is 6.40. The third-order valence-electron chi connectivity index (χ3n) is 5.13. The molecule has 2 amide bonds. The molecule has 1 N–H and O–H groups in total. The number of amides is 2. The molecular formula is C25H25BrCl2N2O3. The molecule has 8 heteroatoms. The molecule has 33 heavy (non-hydrogen) atoms. The van der Waals surface area contributed by atoms with E-state index >= 15 is 0 Å². The first-order valence-corrected chi connectivity index (χ1v) is 12.1. The van der Waals surface area contributed by atoms with Gasteiger partial charge in [0.15, 0.2) is 6.61 Å². The predicted molar refractivity (Wildman–Crippen MR) is 137 cm³/mol. The topological polar surface area (TPSA) is 58.6 Å². The summed E-state index contributed by atoms with van der Waals surface area (Å²) in [6.45, 7) is 5.33. The molecule has 0 saturated carbocycles. The third-order valence-corrected chi connectivity index (χ3v) is 6.54. The maximum atomic E-state index is 13.2. The largest absolute Gasteiger partial charge is 0.483 e. The van der Waals surface area contributed by atoms with Crippen molar-refractivity contribution in [1.82, 2.24) is 10.2 Å². The molecule has 0 spiro atoms. The molecule has 0 bridgehead atoms. The molecule has 174 valence electrons. The number of hydrogen-bond donors (Lipinski definition) is 1. The molecule has 0 aliphatic heterocycles. The number of carbonyl (C=O) groups excluding carboxylic acids is 2. The zero-order valence-electron chi connectivity index (χ0n) is 18.6. The van der Waals surface area contributed by atoms with Crippen LogP contribution in [0.2, 0.25) is 10.0 Å². The molecule has 3 aromatic rings. The SMILES string of the molecule is CC(C)NC(=O)[C@@H](C)N(Cc1ccc(Cl)cc1Cl)C(=O)COc1ccc2ccccc2c1Br. The maximum absolute atomic E-state index is 13.2. The van der Waals surface area contributed by atoms with E-state index in [1.54, 1.807) is 25.1 Å². The number of hydrogen-bond acceptors (Lipinski definition) is 3. The van der Waals surface area contributed by atoms with Gasteiger partial charge in [0.1, 0.15) is 11.8 Å². The van der Waals surface area contributed by atoms with Crippen molar-refractivity contribution in [3.63, 3.8) is 0 Å². The number of carbonyl (C=O) groups is 2. The Hall–Kier alpha value is -2.28. The lowest BCUT2D eigenvalue weighted by atomic mass is 10.1. The lowest BCUT2D eigenvalue weighted by molar-refractivity contribution is -0.142. The first-order chi connectivity index (χ1) is 15.7. The first-order valence-electron chi connectivity index (χ1n) is 10.5. The van der Waals surface area contributed by atoms with E-state index in [2.05, 4.69) is 21.2 Å². The highest BCUT2D eigenvalue weighted by Crippen LogP contribution is 2.33. The number of halogens is 3.